The maximum absolute atomic E-state index is 14.5. The van der Waals surface area contributed by atoms with E-state index in [1.54, 1.807) is 11.8 Å². The summed E-state index contributed by atoms with van der Waals surface area (Å²) in [4.78, 5) is 67.7. The minimum absolute atomic E-state index is 0.00744. The standard InChI is InChI=1S/C34H33ClF3N9O7/c1-18-28-26(33(54-18)6-9-43(10-7-33)30(52)27-23(48)3-2-8-39-27)29(51)47-32(41-31(42-47)44-11-12-45-20(14-44)16-53-17-25(45)50)46(28)15-24(49)40-22-5-4-19(13-21(22)35)34(36,37)38/h2-5,8,13,18,20,48H,6-7,9-12,14-17H2,1H3,(H,40,49)/t18-,20-/m1/s1. The number of ether oxygens (including phenoxy) is 2. The fourth-order valence-corrected chi connectivity index (χ4v) is 8.03. The highest BCUT2D eigenvalue weighted by Gasteiger charge is 2.51. The summed E-state index contributed by atoms with van der Waals surface area (Å²) in [6.07, 6.45) is -3.59. The number of likely N-dealkylation sites (tertiary alicyclic amines) is 1. The van der Waals surface area contributed by atoms with Gasteiger partial charge in [-0.25, -0.2) is 4.98 Å². The quantitative estimate of drug-likeness (QED) is 0.305. The number of rotatable bonds is 5. The molecule has 8 rings (SSSR count). The molecule has 0 bridgehead atoms. The molecular formula is C34H33ClF3N9O7. The molecule has 2 atom stereocenters. The molecule has 7 heterocycles. The first kappa shape index (κ1) is 35.7. The third-order valence-corrected chi connectivity index (χ3v) is 10.7. The second kappa shape index (κ2) is 13.2. The average Bonchev–Trinajstić information content (AvgIpc) is 3.71. The molecule has 54 heavy (non-hydrogen) atoms. The van der Waals surface area contributed by atoms with Crippen molar-refractivity contribution >= 4 is 46.7 Å². The molecule has 1 spiro atoms. The van der Waals surface area contributed by atoms with Gasteiger partial charge in [-0.05, 0) is 50.1 Å². The molecule has 3 aromatic heterocycles. The fraction of sp³-hybridized carbons (Fsp3) is 0.441. The van der Waals surface area contributed by atoms with Crippen LogP contribution in [0.25, 0.3) is 5.78 Å². The van der Waals surface area contributed by atoms with Gasteiger partial charge in [-0.15, -0.1) is 5.10 Å². The van der Waals surface area contributed by atoms with Crippen LogP contribution in [0, 0.1) is 0 Å². The van der Waals surface area contributed by atoms with Crippen molar-refractivity contribution in [3.63, 3.8) is 0 Å². The van der Waals surface area contributed by atoms with E-state index in [2.05, 4.69) is 15.4 Å². The van der Waals surface area contributed by atoms with Crippen LogP contribution in [0.5, 0.6) is 5.75 Å². The van der Waals surface area contributed by atoms with Crippen molar-refractivity contribution in [2.45, 2.75) is 50.2 Å². The Balaban J connectivity index is 1.16. The first-order valence-electron chi connectivity index (χ1n) is 17.2. The SMILES string of the molecule is C[C@H]1OC2(CCN(C(=O)c3ncccc3O)CC2)c2c1n(CC(=O)Nc1ccc(C(F)(F)F)cc1Cl)c1nc(N3CCN4C(=O)COC[C@H]4C3)nn1c2=O. The van der Waals surface area contributed by atoms with Crippen molar-refractivity contribution in [2.75, 3.05) is 56.2 Å². The fourth-order valence-electron chi connectivity index (χ4n) is 7.81. The average molecular weight is 772 g/mol. The van der Waals surface area contributed by atoms with E-state index in [4.69, 9.17) is 26.1 Å². The molecule has 4 aliphatic heterocycles. The Labute approximate surface area is 309 Å². The smallest absolute Gasteiger partial charge is 0.416 e. The number of anilines is 2. The maximum Gasteiger partial charge on any atom is 0.416 e. The van der Waals surface area contributed by atoms with E-state index < -0.39 is 47.4 Å². The third-order valence-electron chi connectivity index (χ3n) is 10.4. The molecule has 4 aromatic rings. The molecule has 3 saturated heterocycles. The second-order valence-electron chi connectivity index (χ2n) is 13.6. The Hall–Kier alpha value is -5.27. The molecule has 0 radical (unpaired) electrons. The van der Waals surface area contributed by atoms with Gasteiger partial charge in [0, 0.05) is 38.9 Å². The van der Waals surface area contributed by atoms with Gasteiger partial charge in [0.05, 0.1) is 46.3 Å². The summed E-state index contributed by atoms with van der Waals surface area (Å²) in [5.74, 6) is -1.33. The Morgan fingerprint density at radius 3 is 2.63 bits per heavy atom. The molecule has 16 nitrogen and oxygen atoms in total. The van der Waals surface area contributed by atoms with Crippen LogP contribution in [0.1, 0.15) is 53.2 Å². The lowest BCUT2D eigenvalue weighted by Gasteiger charge is -2.43. The first-order chi connectivity index (χ1) is 25.7. The Bertz CT molecular complexity index is 2260. The minimum Gasteiger partial charge on any atom is -0.505 e. The van der Waals surface area contributed by atoms with E-state index >= 15 is 0 Å². The zero-order chi connectivity index (χ0) is 38.1. The highest BCUT2D eigenvalue weighted by molar-refractivity contribution is 6.33. The number of nitrogens with one attached hydrogen (secondary N) is 1. The molecule has 20 heteroatoms. The molecular weight excluding hydrogens is 739 g/mol. The second-order valence-corrected chi connectivity index (χ2v) is 14.0. The van der Waals surface area contributed by atoms with Gasteiger partial charge < -0.3 is 39.2 Å². The van der Waals surface area contributed by atoms with Gasteiger partial charge in [0.15, 0.2) is 5.69 Å². The predicted octanol–water partition coefficient (Wildman–Crippen LogP) is 2.57. The van der Waals surface area contributed by atoms with Gasteiger partial charge in [0.1, 0.15) is 24.5 Å². The highest BCUT2D eigenvalue weighted by atomic mass is 35.5. The number of carbonyl (C=O) groups excluding carboxylic acids is 3. The molecule has 0 aliphatic carbocycles. The number of piperidine rings is 1. The number of benzene rings is 1. The lowest BCUT2D eigenvalue weighted by atomic mass is 9.85. The maximum atomic E-state index is 14.5. The van der Waals surface area contributed by atoms with Crippen molar-refractivity contribution in [1.82, 2.24) is 33.9 Å². The number of hydrogen-bond donors (Lipinski definition) is 2. The molecule has 0 unspecified atom stereocenters. The molecule has 3 fully saturated rings. The van der Waals surface area contributed by atoms with E-state index in [9.17, 15) is 37.5 Å². The first-order valence-corrected chi connectivity index (χ1v) is 17.6. The summed E-state index contributed by atoms with van der Waals surface area (Å²) in [5.41, 5.74) is -2.24. The van der Waals surface area contributed by atoms with E-state index in [1.165, 1.54) is 27.8 Å². The van der Waals surface area contributed by atoms with E-state index in [-0.39, 0.29) is 83.9 Å². The number of fused-ring (bicyclic) bond motifs is 4. The van der Waals surface area contributed by atoms with Crippen LogP contribution in [0.2, 0.25) is 5.02 Å². The molecule has 4 aliphatic rings. The number of piperazine rings is 1. The van der Waals surface area contributed by atoms with E-state index in [0.29, 0.717) is 38.0 Å². The van der Waals surface area contributed by atoms with E-state index in [0.717, 1.165) is 16.6 Å². The number of nitrogens with zero attached hydrogens (tertiary/aromatic N) is 8. The summed E-state index contributed by atoms with van der Waals surface area (Å²) in [5, 5.41) is 17.1. The Morgan fingerprint density at radius 2 is 1.91 bits per heavy atom. The summed E-state index contributed by atoms with van der Waals surface area (Å²) < 4.78 is 54.4. The zero-order valence-electron chi connectivity index (χ0n) is 28.7. The number of pyridine rings is 1. The molecule has 284 valence electrons. The van der Waals surface area contributed by atoms with Crippen LogP contribution in [-0.4, -0.2) is 109 Å². The van der Waals surface area contributed by atoms with Crippen molar-refractivity contribution in [2.24, 2.45) is 0 Å². The highest BCUT2D eigenvalue weighted by Crippen LogP contribution is 2.48. The van der Waals surface area contributed by atoms with Crippen molar-refractivity contribution in [3.05, 3.63) is 74.4 Å². The van der Waals surface area contributed by atoms with Crippen LogP contribution in [0.15, 0.2) is 41.3 Å². The summed E-state index contributed by atoms with van der Waals surface area (Å²) in [7, 11) is 0. The Kier molecular flexibility index (Phi) is 8.76. The number of hydrogen-bond acceptors (Lipinski definition) is 11. The monoisotopic (exact) mass is 771 g/mol. The zero-order valence-corrected chi connectivity index (χ0v) is 29.4. The lowest BCUT2D eigenvalue weighted by molar-refractivity contribution is -0.148. The molecule has 3 amide bonds. The van der Waals surface area contributed by atoms with Gasteiger partial charge in [0.2, 0.25) is 23.5 Å². The van der Waals surface area contributed by atoms with Crippen molar-refractivity contribution < 1.29 is 42.1 Å². The molecule has 2 N–H and O–H groups in total. The van der Waals surface area contributed by atoms with Gasteiger partial charge in [-0.1, -0.05) is 11.6 Å². The number of alkyl halides is 3. The molecule has 1 aromatic carbocycles. The van der Waals surface area contributed by atoms with Gasteiger partial charge in [-0.3, -0.25) is 19.2 Å². The molecule has 0 saturated carbocycles. The topological polar surface area (TPSA) is 177 Å². The van der Waals surface area contributed by atoms with Crippen molar-refractivity contribution in [3.8, 4) is 5.75 Å². The number of aromatic hydroxyl groups is 1. The number of carbonyl (C=O) groups is 3. The lowest BCUT2D eigenvalue weighted by Crippen LogP contribution is -2.60. The van der Waals surface area contributed by atoms with Crippen LogP contribution < -0.4 is 15.8 Å². The van der Waals surface area contributed by atoms with E-state index in [1.807, 2.05) is 4.90 Å². The van der Waals surface area contributed by atoms with Crippen LogP contribution in [-0.2, 0) is 37.4 Å². The van der Waals surface area contributed by atoms with Gasteiger partial charge in [0.25, 0.3) is 11.5 Å². The van der Waals surface area contributed by atoms with Crippen LogP contribution in [0.3, 0.4) is 0 Å². The summed E-state index contributed by atoms with van der Waals surface area (Å²) in [6, 6.07) is 5.20. The van der Waals surface area contributed by atoms with Crippen LogP contribution in [0.4, 0.5) is 24.8 Å². The van der Waals surface area contributed by atoms with Crippen molar-refractivity contribution in [1.29, 1.82) is 0 Å². The van der Waals surface area contributed by atoms with Crippen LogP contribution >= 0.6 is 11.6 Å². The minimum atomic E-state index is -4.64. The summed E-state index contributed by atoms with van der Waals surface area (Å²) in [6.45, 7) is 3.01. The number of morpholine rings is 1. The number of halogens is 4. The normalized spacial score (nSPS) is 21.1. The summed E-state index contributed by atoms with van der Waals surface area (Å²) >= 11 is 6.15. The number of aromatic nitrogens is 5. The number of amides is 3. The predicted molar refractivity (Wildman–Crippen MR) is 183 cm³/mol. The third kappa shape index (κ3) is 6.08. The van der Waals surface area contributed by atoms with Gasteiger partial charge in [-0.2, -0.15) is 22.7 Å². The van der Waals surface area contributed by atoms with Gasteiger partial charge >= 0.3 is 6.18 Å². The Morgan fingerprint density at radius 1 is 1.13 bits per heavy atom. The largest absolute Gasteiger partial charge is 0.505 e.